The van der Waals surface area contributed by atoms with E-state index < -0.39 is 0 Å². The summed E-state index contributed by atoms with van der Waals surface area (Å²) in [5.74, 6) is 1.85. The van der Waals surface area contributed by atoms with E-state index in [1.54, 1.807) is 0 Å². The molecule has 3 aromatic heterocycles. The maximum atomic E-state index is 5.28. The lowest BCUT2D eigenvalue weighted by Gasteiger charge is -2.21. The number of rotatable bonds is 5. The standard InChI is InChI=1S/C55H33N5S/c1-4-15-34(16-5-1)53-56-54(35-17-6-2-7-18-35)58-55(57-53)60-47-30-28-37(36-27-29-46-43(31-36)39-21-10-12-25-45(39)59(46)38-19-8-3-9-20-38)32-44(47)51-42-24-14-23-41-40-22-11-13-26-49(40)61-50(52(41)42)33-48(51)60/h1-33H. The first-order valence-electron chi connectivity index (χ1n) is 20.5. The second kappa shape index (κ2) is 13.4. The van der Waals surface area contributed by atoms with E-state index in [-0.39, 0.29) is 0 Å². The number of aromatic nitrogens is 5. The van der Waals surface area contributed by atoms with Crippen LogP contribution in [0.4, 0.5) is 0 Å². The number of para-hydroxylation sites is 2. The van der Waals surface area contributed by atoms with Crippen LogP contribution in [0.2, 0.25) is 0 Å². The van der Waals surface area contributed by atoms with E-state index >= 15 is 0 Å². The van der Waals surface area contributed by atoms with Crippen molar-refractivity contribution in [3.8, 4) is 56.7 Å². The lowest BCUT2D eigenvalue weighted by molar-refractivity contribution is 0.953. The molecule has 0 unspecified atom stereocenters. The van der Waals surface area contributed by atoms with Gasteiger partial charge in [0.2, 0.25) is 5.95 Å². The van der Waals surface area contributed by atoms with Gasteiger partial charge in [0.1, 0.15) is 0 Å². The Morgan fingerprint density at radius 2 is 0.902 bits per heavy atom. The van der Waals surface area contributed by atoms with Crippen LogP contribution in [0.5, 0.6) is 0 Å². The van der Waals surface area contributed by atoms with Crippen LogP contribution < -0.4 is 0 Å². The molecule has 4 heterocycles. The predicted octanol–water partition coefficient (Wildman–Crippen LogP) is 14.4. The molecule has 0 saturated heterocycles. The molecule has 0 radical (unpaired) electrons. The van der Waals surface area contributed by atoms with Crippen molar-refractivity contribution in [1.82, 2.24) is 24.1 Å². The topological polar surface area (TPSA) is 48.5 Å². The van der Waals surface area contributed by atoms with Crippen LogP contribution in [0.3, 0.4) is 0 Å². The Kier molecular flexibility index (Phi) is 7.47. The zero-order valence-corrected chi connectivity index (χ0v) is 33.5. The minimum atomic E-state index is 0.583. The van der Waals surface area contributed by atoms with E-state index in [4.69, 9.17) is 15.0 Å². The van der Waals surface area contributed by atoms with Gasteiger partial charge in [-0.05, 0) is 82.2 Å². The Morgan fingerprint density at radius 1 is 0.328 bits per heavy atom. The van der Waals surface area contributed by atoms with Crippen LogP contribution >= 0.6 is 11.8 Å². The van der Waals surface area contributed by atoms with Crippen LogP contribution in [0, 0.1) is 0 Å². The summed E-state index contributed by atoms with van der Waals surface area (Å²) < 4.78 is 4.63. The van der Waals surface area contributed by atoms with E-state index in [2.05, 4.69) is 173 Å². The maximum absolute atomic E-state index is 5.28. The van der Waals surface area contributed by atoms with Gasteiger partial charge in [-0.3, -0.25) is 4.57 Å². The van der Waals surface area contributed by atoms with Gasteiger partial charge < -0.3 is 4.57 Å². The number of fused-ring (bicyclic) bond motifs is 9. The molecule has 5 nitrogen and oxygen atoms in total. The highest BCUT2D eigenvalue weighted by atomic mass is 32.2. The summed E-state index contributed by atoms with van der Waals surface area (Å²) in [5.41, 5.74) is 12.4. The molecule has 1 aliphatic rings. The van der Waals surface area contributed by atoms with Crippen molar-refractivity contribution in [1.29, 1.82) is 0 Å². The fourth-order valence-electron chi connectivity index (χ4n) is 9.45. The van der Waals surface area contributed by atoms with Gasteiger partial charge in [-0.1, -0.05) is 157 Å². The van der Waals surface area contributed by atoms with E-state index in [1.807, 2.05) is 48.2 Å². The molecule has 6 heteroatoms. The van der Waals surface area contributed by atoms with Crippen LogP contribution in [-0.2, 0) is 0 Å². The van der Waals surface area contributed by atoms with Crippen molar-refractivity contribution in [2.24, 2.45) is 0 Å². The largest absolute Gasteiger partial charge is 0.309 e. The van der Waals surface area contributed by atoms with Crippen LogP contribution in [-0.4, -0.2) is 24.1 Å². The zero-order chi connectivity index (χ0) is 40.0. The highest BCUT2D eigenvalue weighted by Gasteiger charge is 2.26. The van der Waals surface area contributed by atoms with Gasteiger partial charge in [0.15, 0.2) is 11.6 Å². The number of nitrogens with zero attached hydrogens (tertiary/aromatic N) is 5. The number of benzene rings is 9. The van der Waals surface area contributed by atoms with Crippen molar-refractivity contribution in [3.05, 3.63) is 200 Å². The van der Waals surface area contributed by atoms with Crippen molar-refractivity contribution >= 4 is 66.1 Å². The molecule has 0 fully saturated rings. The molecule has 1 aliphatic heterocycles. The summed E-state index contributed by atoms with van der Waals surface area (Å²) in [6, 6.07) is 71.5. The second-order valence-electron chi connectivity index (χ2n) is 15.6. The van der Waals surface area contributed by atoms with Crippen molar-refractivity contribution in [2.45, 2.75) is 9.79 Å². The molecule has 0 atom stereocenters. The van der Waals surface area contributed by atoms with Crippen molar-refractivity contribution < 1.29 is 0 Å². The summed E-state index contributed by atoms with van der Waals surface area (Å²) in [4.78, 5) is 18.1. The lowest BCUT2D eigenvalue weighted by Crippen LogP contribution is -2.06. The molecule has 0 aliphatic carbocycles. The fraction of sp³-hybridized carbons (Fsp3) is 0. The molecule has 284 valence electrons. The van der Waals surface area contributed by atoms with Gasteiger partial charge in [-0.2, -0.15) is 9.97 Å². The molecule has 0 spiro atoms. The molecule has 12 aromatic rings. The van der Waals surface area contributed by atoms with Gasteiger partial charge in [-0.15, -0.1) is 0 Å². The third-order valence-corrected chi connectivity index (χ3v) is 13.3. The Labute approximate surface area is 355 Å². The van der Waals surface area contributed by atoms with Crippen molar-refractivity contribution in [3.63, 3.8) is 0 Å². The predicted molar refractivity (Wildman–Crippen MR) is 252 cm³/mol. The summed E-state index contributed by atoms with van der Waals surface area (Å²) in [6.45, 7) is 0. The molecule has 0 bridgehead atoms. The fourth-order valence-corrected chi connectivity index (χ4v) is 10.6. The van der Waals surface area contributed by atoms with Gasteiger partial charge >= 0.3 is 0 Å². The van der Waals surface area contributed by atoms with Gasteiger partial charge in [-0.25, -0.2) is 4.98 Å². The average molecular weight is 796 g/mol. The highest BCUT2D eigenvalue weighted by molar-refractivity contribution is 7.99. The Balaban J connectivity index is 1.10. The molecular formula is C55H33N5S. The first-order chi connectivity index (χ1) is 30.2. The summed E-state index contributed by atoms with van der Waals surface area (Å²) in [7, 11) is 0. The normalized spacial score (nSPS) is 12.2. The van der Waals surface area contributed by atoms with E-state index in [0.29, 0.717) is 17.6 Å². The SMILES string of the molecule is c1ccc(-c2nc(-c3ccccc3)nc(-n3c4ccc(-c5ccc6c(c5)c5ccccc5n6-c5ccccc5)cc4c4c5cccc6c5c(cc43)Sc3ccccc3-6)n2)cc1. The second-order valence-corrected chi connectivity index (χ2v) is 16.7. The van der Waals surface area contributed by atoms with E-state index in [9.17, 15) is 0 Å². The van der Waals surface area contributed by atoms with Crippen LogP contribution in [0.15, 0.2) is 210 Å². The molecule has 0 N–H and O–H groups in total. The number of hydrogen-bond acceptors (Lipinski definition) is 4. The Morgan fingerprint density at radius 3 is 1.64 bits per heavy atom. The molecule has 0 saturated carbocycles. The molecule has 0 amide bonds. The average Bonchev–Trinajstić information content (AvgIpc) is 3.84. The van der Waals surface area contributed by atoms with Gasteiger partial charge in [0.25, 0.3) is 0 Å². The van der Waals surface area contributed by atoms with Gasteiger partial charge in [0, 0.05) is 53.5 Å². The Bertz CT molecular complexity index is 3660. The van der Waals surface area contributed by atoms with E-state index in [1.165, 1.54) is 58.9 Å². The third kappa shape index (κ3) is 5.26. The lowest BCUT2D eigenvalue weighted by atomic mass is 9.94. The Hall–Kier alpha value is -7.80. The molecule has 9 aromatic carbocycles. The number of hydrogen-bond donors (Lipinski definition) is 0. The minimum absolute atomic E-state index is 0.583. The maximum Gasteiger partial charge on any atom is 0.238 e. The summed E-state index contributed by atoms with van der Waals surface area (Å²) in [5, 5.41) is 7.29. The summed E-state index contributed by atoms with van der Waals surface area (Å²) in [6.07, 6.45) is 0. The van der Waals surface area contributed by atoms with E-state index in [0.717, 1.165) is 44.4 Å². The monoisotopic (exact) mass is 795 g/mol. The molecule has 13 rings (SSSR count). The quantitative estimate of drug-likeness (QED) is 0.174. The molecular weight excluding hydrogens is 763 g/mol. The van der Waals surface area contributed by atoms with Crippen LogP contribution in [0.25, 0.3) is 111 Å². The first kappa shape index (κ1) is 34.1. The molecule has 61 heavy (non-hydrogen) atoms. The van der Waals surface area contributed by atoms with Crippen LogP contribution in [0.1, 0.15) is 0 Å². The minimum Gasteiger partial charge on any atom is -0.309 e. The smallest absolute Gasteiger partial charge is 0.238 e. The first-order valence-corrected chi connectivity index (χ1v) is 21.3. The van der Waals surface area contributed by atoms with Gasteiger partial charge in [0.05, 0.1) is 22.1 Å². The summed E-state index contributed by atoms with van der Waals surface area (Å²) >= 11 is 1.84. The highest BCUT2D eigenvalue weighted by Crippen LogP contribution is 2.51. The third-order valence-electron chi connectivity index (χ3n) is 12.2. The zero-order valence-electron chi connectivity index (χ0n) is 32.7. The van der Waals surface area contributed by atoms with Crippen molar-refractivity contribution in [2.75, 3.05) is 0 Å².